The monoisotopic (exact) mass is 433 g/mol. The molecule has 1 aromatic heterocycles. The number of fused-ring (bicyclic) bond motifs is 1. The zero-order chi connectivity index (χ0) is 20.8. The van der Waals surface area contributed by atoms with Crippen molar-refractivity contribution >= 4 is 44.2 Å². The van der Waals surface area contributed by atoms with E-state index in [0.717, 1.165) is 16.0 Å². The number of carbonyl (C=O) groups is 1. The van der Waals surface area contributed by atoms with Gasteiger partial charge in [0.1, 0.15) is 17.0 Å². The highest BCUT2D eigenvalue weighted by Gasteiger charge is 2.21. The second-order valence-corrected chi connectivity index (χ2v) is 8.07. The maximum Gasteiger partial charge on any atom is 0.266 e. The molecule has 0 N–H and O–H groups in total. The van der Waals surface area contributed by atoms with Crippen molar-refractivity contribution in [1.82, 2.24) is 9.88 Å². The first-order chi connectivity index (χ1) is 14.0. The van der Waals surface area contributed by atoms with Gasteiger partial charge in [-0.15, -0.1) is 0 Å². The molecule has 0 atom stereocenters. The Hall–Kier alpha value is -2.35. The van der Waals surface area contributed by atoms with Crippen molar-refractivity contribution in [3.8, 4) is 11.5 Å². The van der Waals surface area contributed by atoms with E-state index in [0.29, 0.717) is 35.6 Å². The van der Waals surface area contributed by atoms with Crippen molar-refractivity contribution < 1.29 is 14.3 Å². The van der Waals surface area contributed by atoms with Crippen LogP contribution in [0.5, 0.6) is 11.5 Å². The van der Waals surface area contributed by atoms with Gasteiger partial charge >= 0.3 is 0 Å². The fraction of sp³-hybridized carbons (Fsp3) is 0.333. The Bertz CT molecular complexity index is 959. The van der Waals surface area contributed by atoms with Crippen molar-refractivity contribution in [2.24, 2.45) is 0 Å². The van der Waals surface area contributed by atoms with Gasteiger partial charge in [0.25, 0.3) is 5.91 Å². The first-order valence-corrected chi connectivity index (χ1v) is 10.5. The number of amides is 1. The second-order valence-electron chi connectivity index (χ2n) is 6.62. The summed E-state index contributed by atoms with van der Waals surface area (Å²) in [5, 5.41) is 1.26. The lowest BCUT2D eigenvalue weighted by atomic mass is 10.3. The van der Waals surface area contributed by atoms with E-state index in [-0.39, 0.29) is 12.5 Å². The third-order valence-electron chi connectivity index (χ3n) is 4.15. The maximum absolute atomic E-state index is 13.0. The normalized spacial score (nSPS) is 11.1. The van der Waals surface area contributed by atoms with E-state index in [1.54, 1.807) is 29.2 Å². The lowest BCUT2D eigenvalue weighted by molar-refractivity contribution is -0.120. The standard InChI is InChI=1S/C21H24ClN3O3S/c1-4-27-17-6-5-7-18-20(17)23-21(29-18)25(13-12-24(2)3)19(26)14-28-16-10-8-15(22)9-11-16/h5-11H,4,12-14H2,1-3H3. The number of rotatable bonds is 9. The van der Waals surface area contributed by atoms with Crippen LogP contribution >= 0.6 is 22.9 Å². The van der Waals surface area contributed by atoms with Crippen LogP contribution in [0, 0.1) is 0 Å². The highest BCUT2D eigenvalue weighted by molar-refractivity contribution is 7.22. The summed E-state index contributed by atoms with van der Waals surface area (Å²) in [6, 6.07) is 12.8. The third kappa shape index (κ3) is 5.59. The van der Waals surface area contributed by atoms with Crippen LogP contribution in [0.4, 0.5) is 5.13 Å². The topological polar surface area (TPSA) is 54.9 Å². The van der Waals surface area contributed by atoms with Gasteiger partial charge in [0.05, 0.1) is 11.3 Å². The minimum atomic E-state index is -0.154. The predicted octanol–water partition coefficient (Wildman–Crippen LogP) is 4.32. The summed E-state index contributed by atoms with van der Waals surface area (Å²) in [6.07, 6.45) is 0. The molecular formula is C21H24ClN3O3S. The van der Waals surface area contributed by atoms with Crippen LogP contribution in [0.2, 0.25) is 5.02 Å². The smallest absolute Gasteiger partial charge is 0.266 e. The van der Waals surface area contributed by atoms with E-state index in [1.165, 1.54) is 11.3 Å². The summed E-state index contributed by atoms with van der Waals surface area (Å²) < 4.78 is 12.3. The average molecular weight is 434 g/mol. The fourth-order valence-electron chi connectivity index (χ4n) is 2.68. The van der Waals surface area contributed by atoms with Gasteiger partial charge in [-0.3, -0.25) is 9.69 Å². The van der Waals surface area contributed by atoms with E-state index >= 15 is 0 Å². The van der Waals surface area contributed by atoms with Gasteiger partial charge in [0, 0.05) is 18.1 Å². The summed E-state index contributed by atoms with van der Waals surface area (Å²) >= 11 is 7.37. The van der Waals surface area contributed by atoms with Crippen LogP contribution < -0.4 is 14.4 Å². The molecule has 2 aromatic carbocycles. The second kappa shape index (κ2) is 9.91. The molecule has 3 rings (SSSR count). The maximum atomic E-state index is 13.0. The van der Waals surface area contributed by atoms with E-state index < -0.39 is 0 Å². The number of halogens is 1. The molecular weight excluding hydrogens is 410 g/mol. The molecule has 3 aromatic rings. The number of aromatic nitrogens is 1. The summed E-state index contributed by atoms with van der Waals surface area (Å²) in [6.45, 7) is 3.64. The lowest BCUT2D eigenvalue weighted by Crippen LogP contribution is -2.39. The Kier molecular flexibility index (Phi) is 7.30. The molecule has 0 spiro atoms. The highest BCUT2D eigenvalue weighted by Crippen LogP contribution is 2.34. The van der Waals surface area contributed by atoms with Gasteiger partial charge in [-0.1, -0.05) is 29.0 Å². The van der Waals surface area contributed by atoms with Crippen molar-refractivity contribution in [2.75, 3.05) is 45.3 Å². The Labute approximate surface area is 179 Å². The quantitative estimate of drug-likeness (QED) is 0.503. The molecule has 1 heterocycles. The molecule has 0 unspecified atom stereocenters. The summed E-state index contributed by atoms with van der Waals surface area (Å²) in [5.74, 6) is 1.17. The molecule has 0 fully saturated rings. The number of hydrogen-bond acceptors (Lipinski definition) is 6. The number of ether oxygens (including phenoxy) is 2. The summed E-state index contributed by atoms with van der Waals surface area (Å²) in [7, 11) is 3.94. The molecule has 0 aliphatic rings. The van der Waals surface area contributed by atoms with Gasteiger partial charge < -0.3 is 14.4 Å². The minimum Gasteiger partial charge on any atom is -0.492 e. The molecule has 29 heavy (non-hydrogen) atoms. The Morgan fingerprint density at radius 3 is 2.55 bits per heavy atom. The zero-order valence-electron chi connectivity index (χ0n) is 16.7. The minimum absolute atomic E-state index is 0.0801. The first kappa shape index (κ1) is 21.4. The predicted molar refractivity (Wildman–Crippen MR) is 119 cm³/mol. The molecule has 0 saturated heterocycles. The number of benzene rings is 2. The van der Waals surface area contributed by atoms with Crippen molar-refractivity contribution in [3.63, 3.8) is 0 Å². The number of nitrogens with zero attached hydrogens (tertiary/aromatic N) is 3. The van der Waals surface area contributed by atoms with Crippen LogP contribution in [0.15, 0.2) is 42.5 Å². The largest absolute Gasteiger partial charge is 0.492 e. The number of carbonyl (C=O) groups excluding carboxylic acids is 1. The average Bonchev–Trinajstić information content (AvgIpc) is 3.12. The molecule has 6 nitrogen and oxygen atoms in total. The van der Waals surface area contributed by atoms with Crippen LogP contribution in [0.3, 0.4) is 0 Å². The lowest BCUT2D eigenvalue weighted by Gasteiger charge is -2.22. The van der Waals surface area contributed by atoms with Crippen LogP contribution in [-0.4, -0.2) is 56.2 Å². The fourth-order valence-corrected chi connectivity index (χ4v) is 3.83. The van der Waals surface area contributed by atoms with Gasteiger partial charge in [-0.25, -0.2) is 4.98 Å². The van der Waals surface area contributed by atoms with Crippen LogP contribution in [-0.2, 0) is 4.79 Å². The molecule has 0 aliphatic carbocycles. The van der Waals surface area contributed by atoms with E-state index in [4.69, 9.17) is 26.1 Å². The van der Waals surface area contributed by atoms with Crippen LogP contribution in [0.1, 0.15) is 6.92 Å². The zero-order valence-corrected chi connectivity index (χ0v) is 18.3. The van der Waals surface area contributed by atoms with Crippen molar-refractivity contribution in [3.05, 3.63) is 47.5 Å². The van der Waals surface area contributed by atoms with E-state index in [1.807, 2.05) is 44.1 Å². The van der Waals surface area contributed by atoms with E-state index in [9.17, 15) is 4.79 Å². The molecule has 154 valence electrons. The number of anilines is 1. The number of para-hydroxylation sites is 1. The molecule has 1 amide bonds. The Morgan fingerprint density at radius 1 is 1.10 bits per heavy atom. The van der Waals surface area contributed by atoms with E-state index in [2.05, 4.69) is 0 Å². The molecule has 8 heteroatoms. The number of likely N-dealkylation sites (N-methyl/N-ethyl adjacent to an activating group) is 1. The van der Waals surface area contributed by atoms with Gasteiger partial charge in [0.15, 0.2) is 11.7 Å². The van der Waals surface area contributed by atoms with Gasteiger partial charge in [-0.2, -0.15) is 0 Å². The molecule has 0 radical (unpaired) electrons. The van der Waals surface area contributed by atoms with Crippen molar-refractivity contribution in [1.29, 1.82) is 0 Å². The van der Waals surface area contributed by atoms with Crippen molar-refractivity contribution in [2.45, 2.75) is 6.92 Å². The number of hydrogen-bond donors (Lipinski definition) is 0. The van der Waals surface area contributed by atoms with Gasteiger partial charge in [-0.05, 0) is 57.4 Å². The molecule has 0 bridgehead atoms. The Morgan fingerprint density at radius 2 is 1.86 bits per heavy atom. The highest BCUT2D eigenvalue weighted by atomic mass is 35.5. The van der Waals surface area contributed by atoms with Gasteiger partial charge in [0.2, 0.25) is 0 Å². The molecule has 0 saturated carbocycles. The summed E-state index contributed by atoms with van der Waals surface area (Å²) in [5.41, 5.74) is 0.774. The Balaban J connectivity index is 1.82. The SMILES string of the molecule is CCOc1cccc2sc(N(CCN(C)C)C(=O)COc3ccc(Cl)cc3)nc12. The third-order valence-corrected chi connectivity index (χ3v) is 5.44. The summed E-state index contributed by atoms with van der Waals surface area (Å²) in [4.78, 5) is 21.4. The molecule has 0 aliphatic heterocycles. The van der Waals surface area contributed by atoms with Crippen LogP contribution in [0.25, 0.3) is 10.2 Å². The number of thiazole rings is 1. The first-order valence-electron chi connectivity index (χ1n) is 9.33.